The fraction of sp³-hybridized carbons (Fsp3) is 0.300. The lowest BCUT2D eigenvalue weighted by molar-refractivity contribution is -0.115. The lowest BCUT2D eigenvalue weighted by Crippen LogP contribution is -2.25. The number of rotatable bonds is 8. The molecule has 0 saturated heterocycles. The number of nitrogens with one attached hydrogen (secondary N) is 2. The summed E-state index contributed by atoms with van der Waals surface area (Å²) in [5, 5.41) is 6.60. The van der Waals surface area contributed by atoms with Gasteiger partial charge in [-0.15, -0.1) is 0 Å². The molecule has 164 valence electrons. The number of anilines is 2. The lowest BCUT2D eigenvalue weighted by atomic mass is 10.3. The van der Waals surface area contributed by atoms with E-state index in [1.165, 1.54) is 42.1 Å². The molecular weight excluding hydrogens is 438 g/mol. The van der Waals surface area contributed by atoms with Crippen molar-refractivity contribution in [3.05, 3.63) is 53.5 Å². The first kappa shape index (κ1) is 22.8. The summed E-state index contributed by atoms with van der Waals surface area (Å²) in [5.74, 6) is 0.388. The Bertz CT molecular complexity index is 1160. The summed E-state index contributed by atoms with van der Waals surface area (Å²) in [5.41, 5.74) is 2.18. The highest BCUT2D eigenvalue weighted by molar-refractivity contribution is 8.00. The first-order valence-electron chi connectivity index (χ1n) is 9.52. The van der Waals surface area contributed by atoms with Crippen molar-refractivity contribution in [3.8, 4) is 0 Å². The Kier molecular flexibility index (Phi) is 6.96. The number of amides is 1. The number of carbonyl (C=O) groups excluding carboxylic acids is 1. The molecule has 0 bridgehead atoms. The minimum Gasteiger partial charge on any atom is -0.360 e. The van der Waals surface area contributed by atoms with Crippen LogP contribution in [0.3, 0.4) is 0 Å². The molecule has 2 N–H and O–H groups in total. The Labute approximate surface area is 185 Å². The SMILES string of the molecule is CCC(Sc1nc(C)cc(C)n1)C(=O)Nc1ccc(S(=O)(=O)Nc2cc(C)on2)cc1. The van der Waals surface area contributed by atoms with E-state index in [0.717, 1.165) is 11.4 Å². The Hall–Kier alpha value is -2.92. The summed E-state index contributed by atoms with van der Waals surface area (Å²) in [6.07, 6.45) is 0.584. The highest BCUT2D eigenvalue weighted by Crippen LogP contribution is 2.25. The molecule has 0 aliphatic rings. The number of sulfonamides is 1. The van der Waals surface area contributed by atoms with Gasteiger partial charge in [-0.2, -0.15) is 0 Å². The first-order chi connectivity index (χ1) is 14.7. The molecule has 1 aromatic carbocycles. The monoisotopic (exact) mass is 461 g/mol. The Balaban J connectivity index is 1.67. The van der Waals surface area contributed by atoms with Gasteiger partial charge >= 0.3 is 0 Å². The molecule has 11 heteroatoms. The fourth-order valence-corrected chi connectivity index (χ4v) is 4.71. The van der Waals surface area contributed by atoms with Gasteiger partial charge in [0.2, 0.25) is 5.91 Å². The van der Waals surface area contributed by atoms with E-state index in [0.29, 0.717) is 23.0 Å². The average molecular weight is 462 g/mol. The third-order valence-corrected chi connectivity index (χ3v) is 6.77. The van der Waals surface area contributed by atoms with E-state index in [4.69, 9.17) is 4.52 Å². The van der Waals surface area contributed by atoms with Gasteiger partial charge in [0, 0.05) is 23.1 Å². The van der Waals surface area contributed by atoms with Crippen molar-refractivity contribution in [2.24, 2.45) is 0 Å². The zero-order valence-electron chi connectivity index (χ0n) is 17.5. The van der Waals surface area contributed by atoms with Crippen molar-refractivity contribution < 1.29 is 17.7 Å². The van der Waals surface area contributed by atoms with E-state index < -0.39 is 10.0 Å². The van der Waals surface area contributed by atoms with Crippen LogP contribution in [0.25, 0.3) is 0 Å². The topological polar surface area (TPSA) is 127 Å². The molecule has 1 atom stereocenters. The van der Waals surface area contributed by atoms with Crippen LogP contribution in [0, 0.1) is 20.8 Å². The zero-order chi connectivity index (χ0) is 22.6. The van der Waals surface area contributed by atoms with Crippen LogP contribution in [-0.4, -0.2) is 34.7 Å². The van der Waals surface area contributed by atoms with E-state index >= 15 is 0 Å². The van der Waals surface area contributed by atoms with E-state index in [1.54, 1.807) is 6.92 Å². The second kappa shape index (κ2) is 9.48. The maximum Gasteiger partial charge on any atom is 0.263 e. The first-order valence-corrected chi connectivity index (χ1v) is 11.9. The van der Waals surface area contributed by atoms with Gasteiger partial charge in [-0.1, -0.05) is 23.8 Å². The molecule has 0 aliphatic heterocycles. The zero-order valence-corrected chi connectivity index (χ0v) is 19.2. The van der Waals surface area contributed by atoms with E-state index in [1.807, 2.05) is 26.8 Å². The number of aryl methyl sites for hydroxylation is 3. The van der Waals surface area contributed by atoms with Crippen molar-refractivity contribution in [2.75, 3.05) is 10.0 Å². The minimum absolute atomic E-state index is 0.0382. The normalized spacial score (nSPS) is 12.4. The van der Waals surface area contributed by atoms with Crippen LogP contribution in [0.15, 0.2) is 51.0 Å². The predicted molar refractivity (Wildman–Crippen MR) is 119 cm³/mol. The van der Waals surface area contributed by atoms with Crippen LogP contribution in [0.1, 0.15) is 30.5 Å². The maximum atomic E-state index is 12.7. The predicted octanol–water partition coefficient (Wildman–Crippen LogP) is 3.70. The van der Waals surface area contributed by atoms with Gasteiger partial charge in [0.15, 0.2) is 11.0 Å². The van der Waals surface area contributed by atoms with Crippen molar-refractivity contribution in [1.29, 1.82) is 0 Å². The molecule has 9 nitrogen and oxygen atoms in total. The molecule has 0 saturated carbocycles. The third-order valence-electron chi connectivity index (χ3n) is 4.17. The number of hydrogen-bond donors (Lipinski definition) is 2. The second-order valence-corrected chi connectivity index (χ2v) is 9.74. The summed E-state index contributed by atoms with van der Waals surface area (Å²) >= 11 is 1.30. The minimum atomic E-state index is -3.82. The molecule has 0 radical (unpaired) electrons. The van der Waals surface area contributed by atoms with E-state index in [2.05, 4.69) is 25.2 Å². The molecule has 0 aliphatic carbocycles. The van der Waals surface area contributed by atoms with Crippen LogP contribution < -0.4 is 10.0 Å². The molecule has 31 heavy (non-hydrogen) atoms. The van der Waals surface area contributed by atoms with Crippen LogP contribution >= 0.6 is 11.8 Å². The molecule has 3 aromatic rings. The molecule has 2 heterocycles. The van der Waals surface area contributed by atoms with Crippen molar-refractivity contribution >= 4 is 39.2 Å². The number of thioether (sulfide) groups is 1. The smallest absolute Gasteiger partial charge is 0.263 e. The van der Waals surface area contributed by atoms with Gasteiger partial charge in [-0.3, -0.25) is 9.52 Å². The molecule has 2 aromatic heterocycles. The van der Waals surface area contributed by atoms with Gasteiger partial charge in [0.1, 0.15) is 5.76 Å². The Morgan fingerprint density at radius 3 is 2.29 bits per heavy atom. The molecule has 1 unspecified atom stereocenters. The summed E-state index contributed by atoms with van der Waals surface area (Å²) in [6, 6.07) is 9.24. The highest BCUT2D eigenvalue weighted by atomic mass is 32.2. The van der Waals surface area contributed by atoms with Crippen molar-refractivity contribution in [3.63, 3.8) is 0 Å². The summed E-state index contributed by atoms with van der Waals surface area (Å²) in [7, 11) is -3.82. The molecule has 3 rings (SSSR count). The molecule has 1 amide bonds. The maximum absolute atomic E-state index is 12.7. The summed E-state index contributed by atoms with van der Waals surface area (Å²) in [4.78, 5) is 21.5. The summed E-state index contributed by atoms with van der Waals surface area (Å²) < 4.78 is 32.1. The number of aromatic nitrogens is 3. The van der Waals surface area contributed by atoms with Gasteiger partial charge in [-0.05, 0) is 57.5 Å². The molecule has 0 spiro atoms. The van der Waals surface area contributed by atoms with Gasteiger partial charge in [0.05, 0.1) is 10.1 Å². The number of benzene rings is 1. The Morgan fingerprint density at radius 2 is 1.74 bits per heavy atom. The molecular formula is C20H23N5O4S2. The van der Waals surface area contributed by atoms with E-state index in [9.17, 15) is 13.2 Å². The van der Waals surface area contributed by atoms with Crippen LogP contribution in [-0.2, 0) is 14.8 Å². The van der Waals surface area contributed by atoms with Crippen LogP contribution in [0.5, 0.6) is 0 Å². The van der Waals surface area contributed by atoms with Crippen molar-refractivity contribution in [2.45, 2.75) is 49.4 Å². The highest BCUT2D eigenvalue weighted by Gasteiger charge is 2.21. The van der Waals surface area contributed by atoms with E-state index in [-0.39, 0.29) is 21.9 Å². The van der Waals surface area contributed by atoms with Crippen LogP contribution in [0.4, 0.5) is 11.5 Å². The molecule has 0 fully saturated rings. The van der Waals surface area contributed by atoms with Gasteiger partial charge in [-0.25, -0.2) is 18.4 Å². The van der Waals surface area contributed by atoms with Gasteiger partial charge < -0.3 is 9.84 Å². The number of nitrogens with zero attached hydrogens (tertiary/aromatic N) is 3. The number of hydrogen-bond acceptors (Lipinski definition) is 8. The quantitative estimate of drug-likeness (QED) is 0.384. The standard InChI is InChI=1S/C20H23N5O4S2/c1-5-17(30-20-21-12(2)10-13(3)22-20)19(26)23-15-6-8-16(9-7-15)31(27,28)25-18-11-14(4)29-24-18/h6-11,17H,5H2,1-4H3,(H,23,26)(H,24,25). The fourth-order valence-electron chi connectivity index (χ4n) is 2.75. The third kappa shape index (κ3) is 6.05. The van der Waals surface area contributed by atoms with Crippen molar-refractivity contribution in [1.82, 2.24) is 15.1 Å². The largest absolute Gasteiger partial charge is 0.360 e. The average Bonchev–Trinajstić information content (AvgIpc) is 3.09. The summed E-state index contributed by atoms with van der Waals surface area (Å²) in [6.45, 7) is 7.34. The second-order valence-electron chi connectivity index (χ2n) is 6.89. The number of carbonyl (C=O) groups is 1. The lowest BCUT2D eigenvalue weighted by Gasteiger charge is -2.14. The van der Waals surface area contributed by atoms with Gasteiger partial charge in [0.25, 0.3) is 10.0 Å². The van der Waals surface area contributed by atoms with Crippen LogP contribution in [0.2, 0.25) is 0 Å². The Morgan fingerprint density at radius 1 is 1.10 bits per heavy atom.